The molecule has 6 nitrogen and oxygen atoms in total. The summed E-state index contributed by atoms with van der Waals surface area (Å²) in [7, 11) is 0. The molecule has 1 aliphatic rings. The zero-order valence-electron chi connectivity index (χ0n) is 23.2. The molecule has 0 spiro atoms. The van der Waals surface area contributed by atoms with Crippen LogP contribution in [-0.2, 0) is 5.41 Å². The van der Waals surface area contributed by atoms with Crippen molar-refractivity contribution in [1.82, 2.24) is 29.5 Å². The molecule has 8 rings (SSSR count). The second-order valence-corrected chi connectivity index (χ2v) is 11.1. The Balaban J connectivity index is 1.44. The van der Waals surface area contributed by atoms with Gasteiger partial charge < -0.3 is 0 Å². The quantitative estimate of drug-likeness (QED) is 0.225. The largest absolute Gasteiger partial charge is 0.278 e. The van der Waals surface area contributed by atoms with Gasteiger partial charge in [0.15, 0.2) is 17.5 Å². The van der Waals surface area contributed by atoms with Crippen molar-refractivity contribution in [2.45, 2.75) is 19.3 Å². The normalized spacial score (nSPS) is 13.6. The fourth-order valence-electron chi connectivity index (χ4n) is 5.80. The molecule has 0 saturated heterocycles. The molecule has 42 heavy (non-hydrogen) atoms. The summed E-state index contributed by atoms with van der Waals surface area (Å²) in [4.78, 5) is 25.4. The Morgan fingerprint density at radius 3 is 1.60 bits per heavy atom. The van der Waals surface area contributed by atoms with Crippen LogP contribution in [0.5, 0.6) is 0 Å². The maximum atomic E-state index is 5.24. The Kier molecular flexibility index (Phi) is 5.37. The Hall–Kier alpha value is -5.49. The first-order chi connectivity index (χ1) is 20.6. The van der Waals surface area contributed by atoms with E-state index < -0.39 is 0 Å². The zero-order chi connectivity index (χ0) is 28.3. The van der Waals surface area contributed by atoms with Crippen molar-refractivity contribution in [3.05, 3.63) is 127 Å². The van der Waals surface area contributed by atoms with Crippen molar-refractivity contribution in [3.63, 3.8) is 0 Å². The number of rotatable bonds is 4. The zero-order valence-corrected chi connectivity index (χ0v) is 23.2. The van der Waals surface area contributed by atoms with Gasteiger partial charge in [-0.3, -0.25) is 4.57 Å². The van der Waals surface area contributed by atoms with Crippen molar-refractivity contribution in [1.29, 1.82) is 0 Å². The highest BCUT2D eigenvalue weighted by molar-refractivity contribution is 6.09. The molecule has 0 atom stereocenters. The first-order valence-electron chi connectivity index (χ1n) is 14.0. The van der Waals surface area contributed by atoms with Crippen molar-refractivity contribution in [2.75, 3.05) is 0 Å². The van der Waals surface area contributed by atoms with Gasteiger partial charge in [-0.15, -0.1) is 0 Å². The van der Waals surface area contributed by atoms with Crippen LogP contribution in [0.15, 0.2) is 115 Å². The summed E-state index contributed by atoms with van der Waals surface area (Å²) in [5, 5.41) is 2.32. The molecule has 3 aromatic heterocycles. The van der Waals surface area contributed by atoms with E-state index >= 15 is 0 Å². The lowest BCUT2D eigenvalue weighted by molar-refractivity contribution is 0.650. The first kappa shape index (κ1) is 24.3. The molecular weight excluding hydrogens is 516 g/mol. The monoisotopic (exact) mass is 542 g/mol. The van der Waals surface area contributed by atoms with Crippen LogP contribution in [0, 0.1) is 0 Å². The summed E-state index contributed by atoms with van der Waals surface area (Å²) >= 11 is 0. The van der Waals surface area contributed by atoms with Crippen LogP contribution in [0.3, 0.4) is 0 Å². The van der Waals surface area contributed by atoms with Gasteiger partial charge >= 0.3 is 0 Å². The number of fused-ring (bicyclic) bond motifs is 4. The molecule has 3 heterocycles. The molecule has 6 heteroatoms. The summed E-state index contributed by atoms with van der Waals surface area (Å²) in [5.74, 6) is 2.32. The van der Waals surface area contributed by atoms with Crippen LogP contribution in [0.1, 0.15) is 25.1 Å². The highest BCUT2D eigenvalue weighted by Crippen LogP contribution is 2.40. The van der Waals surface area contributed by atoms with E-state index in [1.165, 1.54) is 0 Å². The molecule has 0 radical (unpaired) electrons. The molecule has 0 aliphatic heterocycles. The van der Waals surface area contributed by atoms with E-state index in [9.17, 15) is 0 Å². The standard InChI is InChI=1S/C36H26N6/c1-36(2)22-21-27-30(34-40-32(23-13-5-3-6-14-23)39-33(41-34)24-15-7-4-8-16-24)37-35(38-31(27)36)42-28-19-11-9-17-25(28)26-18-10-12-20-29(26)42/h3-22H,1-2H3. The minimum atomic E-state index is -0.280. The number of para-hydroxylation sites is 2. The summed E-state index contributed by atoms with van der Waals surface area (Å²) in [6, 6.07) is 36.8. The van der Waals surface area contributed by atoms with Crippen molar-refractivity contribution in [3.8, 4) is 40.2 Å². The molecule has 0 amide bonds. The number of aromatic nitrogens is 6. The second-order valence-electron chi connectivity index (χ2n) is 11.1. The third kappa shape index (κ3) is 3.84. The molecule has 4 aromatic carbocycles. The molecule has 1 aliphatic carbocycles. The van der Waals surface area contributed by atoms with E-state index in [1.807, 2.05) is 60.7 Å². The summed E-state index contributed by atoms with van der Waals surface area (Å²) in [5.41, 5.74) is 6.25. The number of allylic oxidation sites excluding steroid dienone is 1. The van der Waals surface area contributed by atoms with Crippen molar-refractivity contribution in [2.24, 2.45) is 0 Å². The molecule has 0 saturated carbocycles. The molecular formula is C36H26N6. The molecule has 0 fully saturated rings. The van der Waals surface area contributed by atoms with Crippen LogP contribution in [0.25, 0.3) is 68.1 Å². The highest BCUT2D eigenvalue weighted by atomic mass is 15.2. The van der Waals surface area contributed by atoms with Crippen LogP contribution in [0.2, 0.25) is 0 Å². The van der Waals surface area contributed by atoms with E-state index in [0.717, 1.165) is 44.2 Å². The van der Waals surface area contributed by atoms with Gasteiger partial charge in [-0.1, -0.05) is 123 Å². The Bertz CT molecular complexity index is 2050. The number of hydrogen-bond acceptors (Lipinski definition) is 5. The third-order valence-electron chi connectivity index (χ3n) is 7.90. The maximum Gasteiger partial charge on any atom is 0.235 e. The minimum absolute atomic E-state index is 0.280. The van der Waals surface area contributed by atoms with Crippen molar-refractivity contribution >= 4 is 27.9 Å². The SMILES string of the molecule is CC1(C)C=Cc2c(-c3nc(-c4ccccc4)nc(-c4ccccc4)n3)nc(-n3c4ccccc4c4ccccc43)nc21. The van der Waals surface area contributed by atoms with E-state index in [2.05, 4.69) is 79.1 Å². The Morgan fingerprint density at radius 1 is 0.524 bits per heavy atom. The fraction of sp³-hybridized carbons (Fsp3) is 0.0833. The molecule has 0 unspecified atom stereocenters. The van der Waals surface area contributed by atoms with Crippen LogP contribution >= 0.6 is 0 Å². The minimum Gasteiger partial charge on any atom is -0.278 e. The van der Waals surface area contributed by atoms with Gasteiger partial charge in [0.25, 0.3) is 0 Å². The van der Waals surface area contributed by atoms with Crippen LogP contribution in [-0.4, -0.2) is 29.5 Å². The van der Waals surface area contributed by atoms with Gasteiger partial charge in [0.05, 0.1) is 16.7 Å². The predicted molar refractivity (Wildman–Crippen MR) is 168 cm³/mol. The number of hydrogen-bond donors (Lipinski definition) is 0. The molecule has 0 N–H and O–H groups in total. The van der Waals surface area contributed by atoms with E-state index in [-0.39, 0.29) is 5.41 Å². The molecule has 200 valence electrons. The van der Waals surface area contributed by atoms with Gasteiger partial charge in [0.2, 0.25) is 5.95 Å². The first-order valence-corrected chi connectivity index (χ1v) is 14.0. The lowest BCUT2D eigenvalue weighted by Gasteiger charge is -2.19. The Labute approximate surface area is 243 Å². The van der Waals surface area contributed by atoms with Crippen molar-refractivity contribution < 1.29 is 0 Å². The fourth-order valence-corrected chi connectivity index (χ4v) is 5.80. The van der Waals surface area contributed by atoms with Crippen LogP contribution < -0.4 is 0 Å². The smallest absolute Gasteiger partial charge is 0.235 e. The van der Waals surface area contributed by atoms with E-state index in [4.69, 9.17) is 24.9 Å². The van der Waals surface area contributed by atoms with E-state index in [0.29, 0.717) is 29.1 Å². The van der Waals surface area contributed by atoms with Gasteiger partial charge in [-0.05, 0) is 12.1 Å². The predicted octanol–water partition coefficient (Wildman–Crippen LogP) is 8.06. The average Bonchev–Trinajstić information content (AvgIpc) is 3.55. The second kappa shape index (κ2) is 9.28. The molecule has 0 bridgehead atoms. The van der Waals surface area contributed by atoms with Crippen LogP contribution in [0.4, 0.5) is 0 Å². The number of nitrogens with zero attached hydrogens (tertiary/aromatic N) is 6. The lowest BCUT2D eigenvalue weighted by Crippen LogP contribution is -2.17. The topological polar surface area (TPSA) is 69.4 Å². The van der Waals surface area contributed by atoms with Gasteiger partial charge in [0.1, 0.15) is 5.69 Å². The maximum absolute atomic E-state index is 5.24. The Morgan fingerprint density at radius 2 is 1.02 bits per heavy atom. The molecule has 7 aromatic rings. The average molecular weight is 543 g/mol. The summed E-state index contributed by atoms with van der Waals surface area (Å²) < 4.78 is 2.15. The van der Waals surface area contributed by atoms with Gasteiger partial charge in [-0.25, -0.2) is 24.9 Å². The highest BCUT2D eigenvalue weighted by Gasteiger charge is 2.32. The third-order valence-corrected chi connectivity index (χ3v) is 7.90. The summed E-state index contributed by atoms with van der Waals surface area (Å²) in [6.45, 7) is 4.36. The summed E-state index contributed by atoms with van der Waals surface area (Å²) in [6.07, 6.45) is 4.29. The lowest BCUT2D eigenvalue weighted by atomic mass is 9.91. The van der Waals surface area contributed by atoms with Gasteiger partial charge in [-0.2, -0.15) is 0 Å². The number of benzene rings is 4. The van der Waals surface area contributed by atoms with E-state index in [1.54, 1.807) is 0 Å². The van der Waals surface area contributed by atoms with Gasteiger partial charge in [0, 0.05) is 32.9 Å².